The SMILES string of the molecule is Cc1nsc(NC(=O)NCc2cn[nH]c2-c2cccs2)n1. The molecular weight excluding hydrogens is 308 g/mol. The molecule has 3 aromatic heterocycles. The van der Waals surface area contributed by atoms with Gasteiger partial charge in [-0.1, -0.05) is 6.07 Å². The monoisotopic (exact) mass is 320 g/mol. The molecule has 21 heavy (non-hydrogen) atoms. The van der Waals surface area contributed by atoms with Crippen molar-refractivity contribution < 1.29 is 4.79 Å². The van der Waals surface area contributed by atoms with Gasteiger partial charge in [0.15, 0.2) is 0 Å². The Morgan fingerprint density at radius 2 is 2.38 bits per heavy atom. The van der Waals surface area contributed by atoms with Gasteiger partial charge in [-0.25, -0.2) is 9.78 Å². The quantitative estimate of drug-likeness (QED) is 0.688. The highest BCUT2D eigenvalue weighted by Gasteiger charge is 2.11. The molecule has 0 saturated heterocycles. The van der Waals surface area contributed by atoms with Crippen molar-refractivity contribution in [1.29, 1.82) is 0 Å². The van der Waals surface area contributed by atoms with Crippen LogP contribution in [0.1, 0.15) is 11.4 Å². The van der Waals surface area contributed by atoms with Gasteiger partial charge in [-0.3, -0.25) is 10.4 Å². The molecule has 3 N–H and O–H groups in total. The van der Waals surface area contributed by atoms with E-state index in [4.69, 9.17) is 0 Å². The highest BCUT2D eigenvalue weighted by Crippen LogP contribution is 2.25. The van der Waals surface area contributed by atoms with Crippen molar-refractivity contribution in [2.45, 2.75) is 13.5 Å². The fraction of sp³-hybridized carbons (Fsp3) is 0.167. The number of aromatic amines is 1. The number of hydrogen-bond acceptors (Lipinski definition) is 6. The van der Waals surface area contributed by atoms with Crippen molar-refractivity contribution in [3.8, 4) is 10.6 Å². The highest BCUT2D eigenvalue weighted by atomic mass is 32.1. The van der Waals surface area contributed by atoms with Crippen LogP contribution in [0.5, 0.6) is 0 Å². The van der Waals surface area contributed by atoms with Crippen LogP contribution < -0.4 is 10.6 Å². The number of hydrogen-bond donors (Lipinski definition) is 3. The third-order valence-electron chi connectivity index (χ3n) is 2.67. The summed E-state index contributed by atoms with van der Waals surface area (Å²) in [5.74, 6) is 0.644. The molecule has 0 saturated carbocycles. The molecule has 0 aliphatic carbocycles. The van der Waals surface area contributed by atoms with E-state index in [2.05, 4.69) is 30.2 Å². The molecule has 108 valence electrons. The van der Waals surface area contributed by atoms with Crippen LogP contribution in [0.25, 0.3) is 10.6 Å². The van der Waals surface area contributed by atoms with Crippen LogP contribution >= 0.6 is 22.9 Å². The molecule has 0 spiro atoms. The van der Waals surface area contributed by atoms with E-state index in [0.717, 1.165) is 27.7 Å². The number of thiophene rings is 1. The Morgan fingerprint density at radius 1 is 1.48 bits per heavy atom. The minimum atomic E-state index is -0.315. The summed E-state index contributed by atoms with van der Waals surface area (Å²) in [6.45, 7) is 2.16. The maximum absolute atomic E-state index is 11.8. The Kier molecular flexibility index (Phi) is 3.93. The van der Waals surface area contributed by atoms with E-state index in [0.29, 0.717) is 17.5 Å². The number of nitrogens with zero attached hydrogens (tertiary/aromatic N) is 3. The summed E-state index contributed by atoms with van der Waals surface area (Å²) in [6.07, 6.45) is 1.71. The van der Waals surface area contributed by atoms with Gasteiger partial charge in [-0.15, -0.1) is 11.3 Å². The Bertz CT molecular complexity index is 733. The van der Waals surface area contributed by atoms with Gasteiger partial charge in [0.1, 0.15) is 5.82 Å². The van der Waals surface area contributed by atoms with Gasteiger partial charge in [0.2, 0.25) is 5.13 Å². The number of urea groups is 1. The molecular formula is C12H12N6OS2. The molecule has 0 fully saturated rings. The van der Waals surface area contributed by atoms with E-state index >= 15 is 0 Å². The largest absolute Gasteiger partial charge is 0.334 e. The summed E-state index contributed by atoms with van der Waals surface area (Å²) in [5.41, 5.74) is 1.86. The van der Waals surface area contributed by atoms with E-state index < -0.39 is 0 Å². The van der Waals surface area contributed by atoms with Gasteiger partial charge in [0, 0.05) is 23.6 Å². The second-order valence-electron chi connectivity index (χ2n) is 4.20. The lowest BCUT2D eigenvalue weighted by molar-refractivity contribution is 0.252. The maximum atomic E-state index is 11.8. The van der Waals surface area contributed by atoms with Crippen LogP contribution in [0.15, 0.2) is 23.7 Å². The topological polar surface area (TPSA) is 95.6 Å². The molecule has 0 aliphatic heterocycles. The van der Waals surface area contributed by atoms with E-state index in [1.807, 2.05) is 17.5 Å². The molecule has 0 bridgehead atoms. The number of carbonyl (C=O) groups is 1. The lowest BCUT2D eigenvalue weighted by Gasteiger charge is -2.05. The average molecular weight is 320 g/mol. The van der Waals surface area contributed by atoms with Crippen LogP contribution in [0.2, 0.25) is 0 Å². The summed E-state index contributed by atoms with van der Waals surface area (Å²) < 4.78 is 4.00. The van der Waals surface area contributed by atoms with Crippen molar-refractivity contribution in [1.82, 2.24) is 24.9 Å². The van der Waals surface area contributed by atoms with Gasteiger partial charge < -0.3 is 5.32 Å². The highest BCUT2D eigenvalue weighted by molar-refractivity contribution is 7.13. The summed E-state index contributed by atoms with van der Waals surface area (Å²) >= 11 is 2.77. The molecule has 0 aliphatic rings. The average Bonchev–Trinajstić information content (AvgIpc) is 3.16. The zero-order chi connectivity index (χ0) is 14.7. The van der Waals surface area contributed by atoms with Crippen molar-refractivity contribution in [3.63, 3.8) is 0 Å². The fourth-order valence-corrected chi connectivity index (χ4v) is 3.07. The number of anilines is 1. The number of amides is 2. The zero-order valence-corrected chi connectivity index (χ0v) is 12.7. The van der Waals surface area contributed by atoms with Gasteiger partial charge in [0.05, 0.1) is 16.8 Å². The first-order valence-electron chi connectivity index (χ1n) is 6.13. The van der Waals surface area contributed by atoms with Gasteiger partial charge in [-0.2, -0.15) is 9.47 Å². The zero-order valence-electron chi connectivity index (χ0n) is 11.1. The number of carbonyl (C=O) groups excluding carboxylic acids is 1. The molecule has 0 atom stereocenters. The van der Waals surface area contributed by atoms with E-state index in [1.165, 1.54) is 0 Å². The normalized spacial score (nSPS) is 10.5. The third kappa shape index (κ3) is 3.26. The van der Waals surface area contributed by atoms with Crippen molar-refractivity contribution >= 4 is 34.0 Å². The van der Waals surface area contributed by atoms with Crippen LogP contribution in [0.3, 0.4) is 0 Å². The van der Waals surface area contributed by atoms with E-state index in [1.54, 1.807) is 24.5 Å². The lowest BCUT2D eigenvalue weighted by Crippen LogP contribution is -2.28. The fourth-order valence-electron chi connectivity index (χ4n) is 1.74. The Hall–Kier alpha value is -2.26. The number of nitrogens with one attached hydrogen (secondary N) is 3. The van der Waals surface area contributed by atoms with E-state index in [-0.39, 0.29) is 6.03 Å². The van der Waals surface area contributed by atoms with E-state index in [9.17, 15) is 4.79 Å². The minimum absolute atomic E-state index is 0.315. The first-order chi connectivity index (χ1) is 10.2. The third-order valence-corrected chi connectivity index (χ3v) is 4.28. The minimum Gasteiger partial charge on any atom is -0.334 e. The smallest absolute Gasteiger partial charge is 0.321 e. The maximum Gasteiger partial charge on any atom is 0.321 e. The summed E-state index contributed by atoms with van der Waals surface area (Å²) in [5, 5.41) is 14.9. The second kappa shape index (κ2) is 6.02. The van der Waals surface area contributed by atoms with Gasteiger partial charge in [0.25, 0.3) is 0 Å². The summed E-state index contributed by atoms with van der Waals surface area (Å²) in [7, 11) is 0. The van der Waals surface area contributed by atoms with Crippen LogP contribution in [0, 0.1) is 6.92 Å². The van der Waals surface area contributed by atoms with Crippen LogP contribution in [-0.2, 0) is 6.54 Å². The van der Waals surface area contributed by atoms with Crippen molar-refractivity contribution in [3.05, 3.63) is 35.1 Å². The Labute approximate surface area is 128 Å². The number of aryl methyl sites for hydroxylation is 1. The van der Waals surface area contributed by atoms with Crippen LogP contribution in [-0.4, -0.2) is 25.6 Å². The molecule has 7 nitrogen and oxygen atoms in total. The molecule has 9 heteroatoms. The predicted octanol–water partition coefficient (Wildman–Crippen LogP) is 2.62. The van der Waals surface area contributed by atoms with Gasteiger partial charge >= 0.3 is 6.03 Å². The molecule has 0 radical (unpaired) electrons. The van der Waals surface area contributed by atoms with Crippen molar-refractivity contribution in [2.75, 3.05) is 5.32 Å². The molecule has 2 amide bonds. The predicted molar refractivity (Wildman–Crippen MR) is 82.4 cm³/mol. The number of H-pyrrole nitrogens is 1. The first-order valence-corrected chi connectivity index (χ1v) is 7.79. The van der Waals surface area contributed by atoms with Crippen molar-refractivity contribution in [2.24, 2.45) is 0 Å². The van der Waals surface area contributed by atoms with Gasteiger partial charge in [-0.05, 0) is 18.4 Å². The van der Waals surface area contributed by atoms with Crippen LogP contribution in [0.4, 0.5) is 9.93 Å². The molecule has 3 heterocycles. The molecule has 3 rings (SSSR count). The Morgan fingerprint density at radius 3 is 3.10 bits per heavy atom. The number of aromatic nitrogens is 4. The number of rotatable bonds is 4. The summed E-state index contributed by atoms with van der Waals surface area (Å²) in [4.78, 5) is 17.0. The second-order valence-corrected chi connectivity index (χ2v) is 5.90. The molecule has 0 aromatic carbocycles. The first kappa shape index (κ1) is 13.7. The standard InChI is InChI=1S/C12H12N6OS2/c1-7-15-12(21-18-7)16-11(19)13-5-8-6-14-17-10(8)9-3-2-4-20-9/h2-4,6H,5H2,1H3,(H,14,17)(H2,13,15,16,18,19). The molecule has 3 aromatic rings. The lowest BCUT2D eigenvalue weighted by atomic mass is 10.2. The molecule has 0 unspecified atom stereocenters. The Balaban J connectivity index is 1.61. The summed E-state index contributed by atoms with van der Waals surface area (Å²) in [6, 6.07) is 3.67.